The van der Waals surface area contributed by atoms with Gasteiger partial charge in [0.15, 0.2) is 0 Å². The van der Waals surface area contributed by atoms with Crippen molar-refractivity contribution in [1.29, 1.82) is 0 Å². The largest absolute Gasteiger partial charge is 0.328 e. The van der Waals surface area contributed by atoms with Crippen LogP contribution >= 0.6 is 0 Å². The highest BCUT2D eigenvalue weighted by atomic mass is 15.1. The Kier molecular flexibility index (Phi) is 2.93. The first-order valence-electron chi connectivity index (χ1n) is 6.38. The number of pyridine rings is 1. The van der Waals surface area contributed by atoms with Crippen molar-refractivity contribution >= 4 is 11.0 Å². The summed E-state index contributed by atoms with van der Waals surface area (Å²) < 4.78 is 2.23. The van der Waals surface area contributed by atoms with Crippen molar-refractivity contribution in [1.82, 2.24) is 14.5 Å². The number of imidazole rings is 1. The van der Waals surface area contributed by atoms with E-state index >= 15 is 0 Å². The number of hydrogen-bond donors (Lipinski definition) is 1. The zero-order valence-electron chi connectivity index (χ0n) is 11.9. The van der Waals surface area contributed by atoms with Gasteiger partial charge in [0, 0.05) is 23.7 Å². The maximum absolute atomic E-state index is 6.32. The SMILES string of the molecule is CCn1c(C(C)(C)C(C)(C)N)nc2cnccc21. The summed E-state index contributed by atoms with van der Waals surface area (Å²) in [4.78, 5) is 8.88. The average molecular weight is 246 g/mol. The normalized spacial score (nSPS) is 13.2. The molecule has 0 saturated heterocycles. The second kappa shape index (κ2) is 4.05. The van der Waals surface area contributed by atoms with E-state index in [1.54, 1.807) is 6.20 Å². The first-order chi connectivity index (χ1) is 8.29. The van der Waals surface area contributed by atoms with Crippen LogP contribution in [0.5, 0.6) is 0 Å². The summed E-state index contributed by atoms with van der Waals surface area (Å²) in [6, 6.07) is 2.01. The van der Waals surface area contributed by atoms with Crippen LogP contribution in [0.4, 0.5) is 0 Å². The molecule has 0 aliphatic rings. The molecule has 2 aromatic heterocycles. The lowest BCUT2D eigenvalue weighted by molar-refractivity contribution is 0.283. The number of hydrogen-bond acceptors (Lipinski definition) is 3. The van der Waals surface area contributed by atoms with Gasteiger partial charge in [-0.3, -0.25) is 4.98 Å². The van der Waals surface area contributed by atoms with Gasteiger partial charge >= 0.3 is 0 Å². The summed E-state index contributed by atoms with van der Waals surface area (Å²) in [6.07, 6.45) is 3.62. The summed E-state index contributed by atoms with van der Waals surface area (Å²) in [5.41, 5.74) is 7.84. The standard InChI is InChI=1S/C14H22N4/c1-6-18-11-7-8-16-9-10(11)17-12(18)13(2,3)14(4,5)15/h7-9H,6,15H2,1-5H3. The Morgan fingerprint density at radius 2 is 1.94 bits per heavy atom. The van der Waals surface area contributed by atoms with Crippen LogP contribution in [0.25, 0.3) is 11.0 Å². The Morgan fingerprint density at radius 1 is 1.28 bits per heavy atom. The second-order valence-corrected chi connectivity index (χ2v) is 5.89. The third kappa shape index (κ3) is 1.81. The van der Waals surface area contributed by atoms with Crippen molar-refractivity contribution in [2.24, 2.45) is 5.73 Å². The van der Waals surface area contributed by atoms with E-state index in [9.17, 15) is 0 Å². The first-order valence-corrected chi connectivity index (χ1v) is 6.38. The maximum atomic E-state index is 6.32. The number of rotatable bonds is 3. The molecule has 0 unspecified atom stereocenters. The monoisotopic (exact) mass is 246 g/mol. The van der Waals surface area contributed by atoms with Crippen LogP contribution < -0.4 is 5.73 Å². The molecule has 0 radical (unpaired) electrons. The second-order valence-electron chi connectivity index (χ2n) is 5.89. The summed E-state index contributed by atoms with van der Waals surface area (Å²) in [6.45, 7) is 11.4. The lowest BCUT2D eigenvalue weighted by Crippen LogP contribution is -2.51. The predicted molar refractivity (Wildman–Crippen MR) is 74.5 cm³/mol. The van der Waals surface area contributed by atoms with E-state index in [-0.39, 0.29) is 11.0 Å². The molecule has 0 aliphatic heterocycles. The van der Waals surface area contributed by atoms with Gasteiger partial charge in [0.05, 0.1) is 11.7 Å². The fourth-order valence-corrected chi connectivity index (χ4v) is 2.07. The zero-order chi connectivity index (χ0) is 13.6. The Hall–Kier alpha value is -1.42. The summed E-state index contributed by atoms with van der Waals surface area (Å²) in [5.74, 6) is 1.03. The van der Waals surface area contributed by atoms with E-state index in [4.69, 9.17) is 10.7 Å². The fraction of sp³-hybridized carbons (Fsp3) is 0.571. The smallest absolute Gasteiger partial charge is 0.117 e. The van der Waals surface area contributed by atoms with Gasteiger partial charge in [0.25, 0.3) is 0 Å². The van der Waals surface area contributed by atoms with Crippen LogP contribution in [-0.2, 0) is 12.0 Å². The molecule has 18 heavy (non-hydrogen) atoms. The van der Waals surface area contributed by atoms with E-state index in [1.807, 2.05) is 26.1 Å². The van der Waals surface area contributed by atoms with Crippen LogP contribution in [0.15, 0.2) is 18.5 Å². The van der Waals surface area contributed by atoms with E-state index < -0.39 is 0 Å². The number of aromatic nitrogens is 3. The van der Waals surface area contributed by atoms with Gasteiger partial charge in [0.2, 0.25) is 0 Å². The summed E-state index contributed by atoms with van der Waals surface area (Å²) >= 11 is 0. The van der Waals surface area contributed by atoms with Crippen LogP contribution in [-0.4, -0.2) is 20.1 Å². The molecule has 0 bridgehead atoms. The highest BCUT2D eigenvalue weighted by Gasteiger charge is 2.39. The highest BCUT2D eigenvalue weighted by Crippen LogP contribution is 2.34. The Balaban J connectivity index is 2.72. The zero-order valence-corrected chi connectivity index (χ0v) is 11.9. The number of aryl methyl sites for hydroxylation is 1. The molecule has 0 spiro atoms. The molecular formula is C14H22N4. The number of fused-ring (bicyclic) bond motifs is 1. The van der Waals surface area contributed by atoms with Gasteiger partial charge in [0.1, 0.15) is 11.3 Å². The molecule has 2 aromatic rings. The quantitative estimate of drug-likeness (QED) is 0.905. The summed E-state index contributed by atoms with van der Waals surface area (Å²) in [5, 5.41) is 0. The van der Waals surface area contributed by atoms with Gasteiger partial charge < -0.3 is 10.3 Å². The van der Waals surface area contributed by atoms with E-state index in [0.29, 0.717) is 0 Å². The fourth-order valence-electron chi connectivity index (χ4n) is 2.07. The van der Waals surface area contributed by atoms with Crippen LogP contribution in [0.1, 0.15) is 40.4 Å². The minimum atomic E-state index is -0.339. The average Bonchev–Trinajstić information content (AvgIpc) is 2.66. The van der Waals surface area contributed by atoms with Gasteiger partial charge in [-0.1, -0.05) is 13.8 Å². The lowest BCUT2D eigenvalue weighted by Gasteiger charge is -2.38. The van der Waals surface area contributed by atoms with Crippen LogP contribution in [0, 0.1) is 0 Å². The molecule has 2 heterocycles. The Labute approximate surface area is 108 Å². The molecule has 98 valence electrons. The minimum absolute atomic E-state index is 0.206. The van der Waals surface area contributed by atoms with Crippen molar-refractivity contribution in [3.8, 4) is 0 Å². The molecular weight excluding hydrogens is 224 g/mol. The number of nitrogens with two attached hydrogens (primary N) is 1. The molecule has 0 saturated carbocycles. The maximum Gasteiger partial charge on any atom is 0.117 e. The molecule has 4 heteroatoms. The third-order valence-corrected chi connectivity index (χ3v) is 4.04. The first kappa shape index (κ1) is 13.0. The summed E-state index contributed by atoms with van der Waals surface area (Å²) in [7, 11) is 0. The van der Waals surface area contributed by atoms with Crippen molar-refractivity contribution in [3.63, 3.8) is 0 Å². The third-order valence-electron chi connectivity index (χ3n) is 4.04. The van der Waals surface area contributed by atoms with Crippen LogP contribution in [0.2, 0.25) is 0 Å². The topological polar surface area (TPSA) is 56.7 Å². The van der Waals surface area contributed by atoms with Gasteiger partial charge in [-0.2, -0.15) is 0 Å². The van der Waals surface area contributed by atoms with Crippen molar-refractivity contribution in [2.75, 3.05) is 0 Å². The Morgan fingerprint density at radius 3 is 2.50 bits per heavy atom. The molecule has 0 amide bonds. The Bertz CT molecular complexity index is 561. The molecule has 2 N–H and O–H groups in total. The molecule has 0 fully saturated rings. The van der Waals surface area contributed by atoms with E-state index in [2.05, 4.69) is 30.3 Å². The van der Waals surface area contributed by atoms with Gasteiger partial charge in [-0.25, -0.2) is 4.98 Å². The van der Waals surface area contributed by atoms with Crippen LogP contribution in [0.3, 0.4) is 0 Å². The van der Waals surface area contributed by atoms with Crippen molar-refractivity contribution in [3.05, 3.63) is 24.3 Å². The molecule has 4 nitrogen and oxygen atoms in total. The van der Waals surface area contributed by atoms with Crippen molar-refractivity contribution in [2.45, 2.75) is 52.1 Å². The molecule has 0 aliphatic carbocycles. The van der Waals surface area contributed by atoms with Crippen molar-refractivity contribution < 1.29 is 0 Å². The van der Waals surface area contributed by atoms with E-state index in [1.165, 1.54) is 0 Å². The van der Waals surface area contributed by atoms with E-state index in [0.717, 1.165) is 23.4 Å². The predicted octanol–water partition coefficient (Wildman–Crippen LogP) is 2.47. The van der Waals surface area contributed by atoms with Gasteiger partial charge in [-0.15, -0.1) is 0 Å². The minimum Gasteiger partial charge on any atom is -0.328 e. The molecule has 0 atom stereocenters. The lowest BCUT2D eigenvalue weighted by atomic mass is 9.74. The molecule has 0 aromatic carbocycles. The van der Waals surface area contributed by atoms with Gasteiger partial charge in [-0.05, 0) is 26.8 Å². The number of nitrogens with zero attached hydrogens (tertiary/aromatic N) is 3. The molecule has 2 rings (SSSR count). The highest BCUT2D eigenvalue weighted by molar-refractivity contribution is 5.75.